The Labute approximate surface area is 60.6 Å². The molecule has 60 valence electrons. The third-order valence-corrected chi connectivity index (χ3v) is 2.10. The summed E-state index contributed by atoms with van der Waals surface area (Å²) in [4.78, 5) is 0. The van der Waals surface area contributed by atoms with E-state index in [0.29, 0.717) is 6.61 Å². The van der Waals surface area contributed by atoms with Crippen molar-refractivity contribution in [1.29, 1.82) is 0 Å². The standard InChI is InChI=1S/C7H14O3/c1-4-3-10-7(9)5(2)6(4)8/h4-9H,3H2,1-2H3/t4-,5-,6+,7?/m0/s1. The van der Waals surface area contributed by atoms with Crippen molar-refractivity contribution >= 4 is 0 Å². The minimum Gasteiger partial charge on any atom is -0.392 e. The van der Waals surface area contributed by atoms with Gasteiger partial charge in [-0.25, -0.2) is 0 Å². The molecule has 1 heterocycles. The van der Waals surface area contributed by atoms with Gasteiger partial charge in [-0.05, 0) is 0 Å². The summed E-state index contributed by atoms with van der Waals surface area (Å²) >= 11 is 0. The number of hydrogen-bond donors (Lipinski definition) is 2. The van der Waals surface area contributed by atoms with E-state index in [-0.39, 0.29) is 11.8 Å². The van der Waals surface area contributed by atoms with Gasteiger partial charge in [0.25, 0.3) is 0 Å². The van der Waals surface area contributed by atoms with Gasteiger partial charge in [0, 0.05) is 11.8 Å². The summed E-state index contributed by atoms with van der Waals surface area (Å²) in [5.74, 6) is -0.0258. The number of rotatable bonds is 0. The van der Waals surface area contributed by atoms with Crippen LogP contribution in [-0.2, 0) is 4.74 Å². The van der Waals surface area contributed by atoms with Gasteiger partial charge in [-0.1, -0.05) is 13.8 Å². The smallest absolute Gasteiger partial charge is 0.159 e. The van der Waals surface area contributed by atoms with E-state index in [4.69, 9.17) is 9.84 Å². The average Bonchev–Trinajstić information content (AvgIpc) is 1.93. The van der Waals surface area contributed by atoms with Crippen LogP contribution < -0.4 is 0 Å². The van der Waals surface area contributed by atoms with E-state index in [1.54, 1.807) is 6.92 Å². The molecule has 0 saturated carbocycles. The Kier molecular flexibility index (Phi) is 2.28. The monoisotopic (exact) mass is 146 g/mol. The Morgan fingerprint density at radius 1 is 1.30 bits per heavy atom. The molecule has 0 aromatic carbocycles. The maximum atomic E-state index is 9.38. The fourth-order valence-electron chi connectivity index (χ4n) is 1.19. The molecule has 1 rings (SSSR count). The van der Waals surface area contributed by atoms with E-state index in [2.05, 4.69) is 0 Å². The number of aliphatic hydroxyl groups is 2. The van der Waals surface area contributed by atoms with Gasteiger partial charge >= 0.3 is 0 Å². The summed E-state index contributed by atoms with van der Waals surface area (Å²) in [6.45, 7) is 4.14. The lowest BCUT2D eigenvalue weighted by molar-refractivity contribution is -0.206. The fraction of sp³-hybridized carbons (Fsp3) is 1.00. The first-order valence-electron chi connectivity index (χ1n) is 3.60. The van der Waals surface area contributed by atoms with Gasteiger partial charge in [0.15, 0.2) is 6.29 Å². The Morgan fingerprint density at radius 2 is 1.90 bits per heavy atom. The van der Waals surface area contributed by atoms with Crippen molar-refractivity contribution in [3.05, 3.63) is 0 Å². The molecule has 10 heavy (non-hydrogen) atoms. The van der Waals surface area contributed by atoms with E-state index >= 15 is 0 Å². The number of hydrogen-bond acceptors (Lipinski definition) is 3. The predicted molar refractivity (Wildman–Crippen MR) is 36.3 cm³/mol. The van der Waals surface area contributed by atoms with E-state index in [0.717, 1.165) is 0 Å². The SMILES string of the molecule is C[C@@H]1C(O)OC[C@H](C)[C@H]1O. The van der Waals surface area contributed by atoms with Crippen LogP contribution in [0.25, 0.3) is 0 Å². The summed E-state index contributed by atoms with van der Waals surface area (Å²) in [5, 5.41) is 18.5. The van der Waals surface area contributed by atoms with Crippen LogP contribution in [0.1, 0.15) is 13.8 Å². The van der Waals surface area contributed by atoms with Crippen LogP contribution in [0, 0.1) is 11.8 Å². The first-order valence-corrected chi connectivity index (χ1v) is 3.60. The van der Waals surface area contributed by atoms with E-state index < -0.39 is 12.4 Å². The molecule has 4 atom stereocenters. The largest absolute Gasteiger partial charge is 0.392 e. The van der Waals surface area contributed by atoms with Gasteiger partial charge in [-0.3, -0.25) is 0 Å². The molecule has 0 aliphatic carbocycles. The first kappa shape index (κ1) is 7.98. The average molecular weight is 146 g/mol. The Hall–Kier alpha value is -0.120. The Bertz CT molecular complexity index is 101. The zero-order valence-electron chi connectivity index (χ0n) is 6.32. The minimum atomic E-state index is -0.786. The molecule has 2 N–H and O–H groups in total. The molecule has 1 unspecified atom stereocenters. The van der Waals surface area contributed by atoms with E-state index in [1.165, 1.54) is 0 Å². The highest BCUT2D eigenvalue weighted by molar-refractivity contribution is 4.76. The summed E-state index contributed by atoms with van der Waals surface area (Å²) in [7, 11) is 0. The van der Waals surface area contributed by atoms with Gasteiger partial charge in [-0.15, -0.1) is 0 Å². The number of ether oxygens (including phenoxy) is 1. The summed E-state index contributed by atoms with van der Waals surface area (Å²) in [6.07, 6.45) is -1.21. The van der Waals surface area contributed by atoms with E-state index in [1.807, 2.05) is 6.92 Å². The molecule has 0 bridgehead atoms. The van der Waals surface area contributed by atoms with Crippen LogP contribution in [0.3, 0.4) is 0 Å². The van der Waals surface area contributed by atoms with E-state index in [9.17, 15) is 5.11 Å². The lowest BCUT2D eigenvalue weighted by Crippen LogP contribution is -2.43. The van der Waals surface area contributed by atoms with Crippen molar-refractivity contribution in [2.45, 2.75) is 26.2 Å². The molecular weight excluding hydrogens is 132 g/mol. The van der Waals surface area contributed by atoms with Crippen molar-refractivity contribution in [3.8, 4) is 0 Å². The molecule has 3 nitrogen and oxygen atoms in total. The van der Waals surface area contributed by atoms with Gasteiger partial charge in [0.2, 0.25) is 0 Å². The van der Waals surface area contributed by atoms with Crippen molar-refractivity contribution < 1.29 is 14.9 Å². The van der Waals surface area contributed by atoms with Gasteiger partial charge in [0.1, 0.15) is 0 Å². The molecule has 3 heteroatoms. The quantitative estimate of drug-likeness (QED) is 0.504. The summed E-state index contributed by atoms with van der Waals surface area (Å²) < 4.78 is 4.97. The van der Waals surface area contributed by atoms with Crippen LogP contribution in [0.4, 0.5) is 0 Å². The van der Waals surface area contributed by atoms with Crippen molar-refractivity contribution in [2.75, 3.05) is 6.61 Å². The molecule has 0 spiro atoms. The van der Waals surface area contributed by atoms with Crippen LogP contribution in [0.15, 0.2) is 0 Å². The highest BCUT2D eigenvalue weighted by Crippen LogP contribution is 2.23. The van der Waals surface area contributed by atoms with Crippen LogP contribution in [0.5, 0.6) is 0 Å². The molecule has 0 amide bonds. The normalized spacial score (nSPS) is 49.2. The molecule has 1 aliphatic rings. The Morgan fingerprint density at radius 3 is 2.40 bits per heavy atom. The second-order valence-corrected chi connectivity index (χ2v) is 3.05. The Balaban J connectivity index is 2.52. The van der Waals surface area contributed by atoms with Gasteiger partial charge in [-0.2, -0.15) is 0 Å². The maximum absolute atomic E-state index is 9.38. The van der Waals surface area contributed by atoms with Crippen LogP contribution in [0.2, 0.25) is 0 Å². The highest BCUT2D eigenvalue weighted by Gasteiger charge is 2.32. The topological polar surface area (TPSA) is 49.7 Å². The summed E-state index contributed by atoms with van der Waals surface area (Å²) in [6, 6.07) is 0. The highest BCUT2D eigenvalue weighted by atomic mass is 16.6. The zero-order valence-corrected chi connectivity index (χ0v) is 6.32. The molecule has 1 fully saturated rings. The van der Waals surface area contributed by atoms with Crippen molar-refractivity contribution in [1.82, 2.24) is 0 Å². The molecule has 0 radical (unpaired) electrons. The molecular formula is C7H14O3. The molecule has 1 saturated heterocycles. The van der Waals surface area contributed by atoms with Crippen molar-refractivity contribution in [2.24, 2.45) is 11.8 Å². The number of aliphatic hydroxyl groups excluding tert-OH is 2. The van der Waals surface area contributed by atoms with Gasteiger partial charge < -0.3 is 14.9 Å². The van der Waals surface area contributed by atoms with Gasteiger partial charge in [0.05, 0.1) is 12.7 Å². The second kappa shape index (κ2) is 2.86. The minimum absolute atomic E-state index is 0.137. The summed E-state index contributed by atoms with van der Waals surface area (Å²) in [5.41, 5.74) is 0. The fourth-order valence-corrected chi connectivity index (χ4v) is 1.19. The lowest BCUT2D eigenvalue weighted by Gasteiger charge is -2.34. The van der Waals surface area contributed by atoms with Crippen LogP contribution in [-0.4, -0.2) is 29.2 Å². The molecule has 0 aromatic rings. The maximum Gasteiger partial charge on any atom is 0.159 e. The third-order valence-electron chi connectivity index (χ3n) is 2.10. The van der Waals surface area contributed by atoms with Crippen molar-refractivity contribution in [3.63, 3.8) is 0 Å². The third kappa shape index (κ3) is 1.31. The first-order chi connectivity index (χ1) is 4.63. The lowest BCUT2D eigenvalue weighted by atomic mass is 9.91. The molecule has 1 aliphatic heterocycles. The predicted octanol–water partition coefficient (Wildman–Crippen LogP) is -0.0319. The zero-order chi connectivity index (χ0) is 7.72. The van der Waals surface area contributed by atoms with Crippen LogP contribution >= 0.6 is 0 Å². The molecule has 0 aromatic heterocycles. The second-order valence-electron chi connectivity index (χ2n) is 3.05.